The molecule has 0 unspecified atom stereocenters. The number of benzene rings is 1. The monoisotopic (exact) mass is 284 g/mol. The molecule has 1 aromatic heterocycles. The Labute approximate surface area is 123 Å². The molecule has 0 amide bonds. The van der Waals surface area contributed by atoms with Gasteiger partial charge in [-0.25, -0.2) is 0 Å². The van der Waals surface area contributed by atoms with Gasteiger partial charge in [-0.15, -0.1) is 11.3 Å². The van der Waals surface area contributed by atoms with Crippen LogP contribution in [0, 0.1) is 11.3 Å². The van der Waals surface area contributed by atoms with E-state index in [0.717, 1.165) is 23.5 Å². The average Bonchev–Trinajstić information content (AvgIpc) is 3.01. The summed E-state index contributed by atoms with van der Waals surface area (Å²) in [6.45, 7) is 0.760. The first-order chi connectivity index (χ1) is 9.72. The van der Waals surface area contributed by atoms with Crippen molar-refractivity contribution in [3.05, 3.63) is 52.2 Å². The van der Waals surface area contributed by atoms with E-state index in [1.807, 2.05) is 53.7 Å². The number of Topliss-reactive ketones (excluding diaryl/α,β-unsaturated/α-hetero) is 1. The zero-order valence-electron chi connectivity index (χ0n) is 11.4. The molecule has 0 aliphatic rings. The molecule has 102 valence electrons. The van der Waals surface area contributed by atoms with Gasteiger partial charge in [-0.2, -0.15) is 5.26 Å². The zero-order valence-corrected chi connectivity index (χ0v) is 12.2. The minimum atomic E-state index is 0.196. The van der Waals surface area contributed by atoms with Gasteiger partial charge < -0.3 is 4.90 Å². The fraction of sp³-hybridized carbons (Fsp3) is 0.250. The number of anilines is 1. The predicted octanol–water partition coefficient (Wildman–Crippen LogP) is 3.72. The van der Waals surface area contributed by atoms with Crippen LogP contribution in [0.25, 0.3) is 0 Å². The average molecular weight is 284 g/mol. The van der Waals surface area contributed by atoms with E-state index in [1.54, 1.807) is 0 Å². The zero-order chi connectivity index (χ0) is 14.4. The first-order valence-electron chi connectivity index (χ1n) is 6.49. The Balaban J connectivity index is 1.88. The van der Waals surface area contributed by atoms with E-state index in [2.05, 4.69) is 6.07 Å². The van der Waals surface area contributed by atoms with Crippen LogP contribution in [0.3, 0.4) is 0 Å². The van der Waals surface area contributed by atoms with Crippen molar-refractivity contribution in [3.63, 3.8) is 0 Å². The molecule has 0 bridgehead atoms. The molecular formula is C16H16N2OS. The number of ketones is 1. The fourth-order valence-electron chi connectivity index (χ4n) is 2.06. The van der Waals surface area contributed by atoms with Gasteiger partial charge in [-0.3, -0.25) is 4.79 Å². The Morgan fingerprint density at radius 1 is 1.30 bits per heavy atom. The number of hydrogen-bond donors (Lipinski definition) is 0. The van der Waals surface area contributed by atoms with Gasteiger partial charge in [0.1, 0.15) is 6.07 Å². The maximum absolute atomic E-state index is 11.9. The summed E-state index contributed by atoms with van der Waals surface area (Å²) in [6, 6.07) is 13.5. The number of carbonyl (C=O) groups is 1. The van der Waals surface area contributed by atoms with Crippen LogP contribution in [-0.4, -0.2) is 19.4 Å². The number of para-hydroxylation sites is 1. The third-order valence-electron chi connectivity index (χ3n) is 3.13. The summed E-state index contributed by atoms with van der Waals surface area (Å²) in [5, 5.41) is 11.0. The fourth-order valence-corrected chi connectivity index (χ4v) is 2.75. The minimum Gasteiger partial charge on any atom is -0.374 e. The third kappa shape index (κ3) is 3.46. The van der Waals surface area contributed by atoms with Crippen molar-refractivity contribution >= 4 is 22.8 Å². The lowest BCUT2D eigenvalue weighted by molar-refractivity contribution is 0.0984. The molecule has 0 saturated heterocycles. The smallest absolute Gasteiger partial charge is 0.172 e. The molecule has 0 atom stereocenters. The highest BCUT2D eigenvalue weighted by Crippen LogP contribution is 2.19. The van der Waals surface area contributed by atoms with Crippen LogP contribution >= 0.6 is 11.3 Å². The number of nitrogens with zero attached hydrogens (tertiary/aromatic N) is 2. The number of hydrogen-bond acceptors (Lipinski definition) is 4. The second-order valence-corrected chi connectivity index (χ2v) is 5.50. The molecule has 0 saturated carbocycles. The van der Waals surface area contributed by atoms with E-state index >= 15 is 0 Å². The number of thiophene rings is 1. The Hall–Kier alpha value is -2.12. The molecule has 4 heteroatoms. The van der Waals surface area contributed by atoms with Gasteiger partial charge in [0.2, 0.25) is 0 Å². The first-order valence-corrected chi connectivity index (χ1v) is 7.37. The molecule has 2 aromatic rings. The van der Waals surface area contributed by atoms with Crippen molar-refractivity contribution in [1.82, 2.24) is 0 Å². The standard InChI is InChI=1S/C16H16N2OS/c1-18(14-7-3-2-6-13(14)12-17)10-4-8-15(19)16-9-5-11-20-16/h2-3,5-7,9,11H,4,8,10H2,1H3. The van der Waals surface area contributed by atoms with Gasteiger partial charge in [0.25, 0.3) is 0 Å². The summed E-state index contributed by atoms with van der Waals surface area (Å²) in [5.41, 5.74) is 1.58. The van der Waals surface area contributed by atoms with Crippen LogP contribution in [-0.2, 0) is 0 Å². The van der Waals surface area contributed by atoms with E-state index in [4.69, 9.17) is 5.26 Å². The Morgan fingerprint density at radius 2 is 2.10 bits per heavy atom. The summed E-state index contributed by atoms with van der Waals surface area (Å²) >= 11 is 1.49. The Bertz CT molecular complexity index is 614. The molecule has 0 radical (unpaired) electrons. The Morgan fingerprint density at radius 3 is 2.80 bits per heavy atom. The van der Waals surface area contributed by atoms with Gasteiger partial charge >= 0.3 is 0 Å². The van der Waals surface area contributed by atoms with Crippen molar-refractivity contribution < 1.29 is 4.79 Å². The van der Waals surface area contributed by atoms with Crippen molar-refractivity contribution in [2.45, 2.75) is 12.8 Å². The van der Waals surface area contributed by atoms with E-state index < -0.39 is 0 Å². The number of nitriles is 1. The minimum absolute atomic E-state index is 0.196. The Kier molecular flexibility index (Phi) is 4.91. The number of rotatable bonds is 6. The summed E-state index contributed by atoms with van der Waals surface area (Å²) < 4.78 is 0. The second kappa shape index (κ2) is 6.88. The van der Waals surface area contributed by atoms with Gasteiger partial charge in [0.05, 0.1) is 16.1 Å². The highest BCUT2D eigenvalue weighted by molar-refractivity contribution is 7.12. The van der Waals surface area contributed by atoms with Crippen LogP contribution in [0.5, 0.6) is 0 Å². The van der Waals surface area contributed by atoms with Crippen LogP contribution in [0.4, 0.5) is 5.69 Å². The van der Waals surface area contributed by atoms with E-state index in [9.17, 15) is 4.79 Å². The molecule has 20 heavy (non-hydrogen) atoms. The van der Waals surface area contributed by atoms with Crippen LogP contribution in [0.15, 0.2) is 41.8 Å². The lowest BCUT2D eigenvalue weighted by atomic mass is 10.1. The van der Waals surface area contributed by atoms with Crippen molar-refractivity contribution in [3.8, 4) is 6.07 Å². The molecule has 0 aliphatic heterocycles. The van der Waals surface area contributed by atoms with Gasteiger partial charge in [0, 0.05) is 20.0 Å². The van der Waals surface area contributed by atoms with Gasteiger partial charge in [0.15, 0.2) is 5.78 Å². The van der Waals surface area contributed by atoms with Crippen molar-refractivity contribution in [2.75, 3.05) is 18.5 Å². The lowest BCUT2D eigenvalue weighted by Crippen LogP contribution is -2.20. The summed E-state index contributed by atoms with van der Waals surface area (Å²) in [6.07, 6.45) is 1.33. The van der Waals surface area contributed by atoms with Crippen molar-refractivity contribution in [1.29, 1.82) is 5.26 Å². The predicted molar refractivity (Wildman–Crippen MR) is 82.3 cm³/mol. The first kappa shape index (κ1) is 14.3. The molecular weight excluding hydrogens is 268 g/mol. The third-order valence-corrected chi connectivity index (χ3v) is 4.04. The van der Waals surface area contributed by atoms with E-state index in [-0.39, 0.29) is 5.78 Å². The largest absolute Gasteiger partial charge is 0.374 e. The van der Waals surface area contributed by atoms with Crippen LogP contribution in [0.1, 0.15) is 28.1 Å². The second-order valence-electron chi connectivity index (χ2n) is 4.55. The molecule has 0 N–H and O–H groups in total. The topological polar surface area (TPSA) is 44.1 Å². The lowest BCUT2D eigenvalue weighted by Gasteiger charge is -2.20. The highest BCUT2D eigenvalue weighted by atomic mass is 32.1. The number of carbonyl (C=O) groups excluding carboxylic acids is 1. The van der Waals surface area contributed by atoms with Crippen molar-refractivity contribution in [2.24, 2.45) is 0 Å². The normalized spacial score (nSPS) is 10.0. The maximum Gasteiger partial charge on any atom is 0.172 e. The molecule has 1 heterocycles. The van der Waals surface area contributed by atoms with Crippen LogP contribution in [0.2, 0.25) is 0 Å². The molecule has 2 rings (SSSR count). The van der Waals surface area contributed by atoms with Crippen LogP contribution < -0.4 is 4.90 Å². The summed E-state index contributed by atoms with van der Waals surface area (Å²) in [4.78, 5) is 14.7. The molecule has 0 aliphatic carbocycles. The van der Waals surface area contributed by atoms with E-state index in [1.165, 1.54) is 11.3 Å². The van der Waals surface area contributed by atoms with Gasteiger partial charge in [-0.1, -0.05) is 18.2 Å². The van der Waals surface area contributed by atoms with E-state index in [0.29, 0.717) is 12.0 Å². The SMILES string of the molecule is CN(CCCC(=O)c1cccs1)c1ccccc1C#N. The van der Waals surface area contributed by atoms with Gasteiger partial charge in [-0.05, 0) is 30.0 Å². The highest BCUT2D eigenvalue weighted by Gasteiger charge is 2.09. The molecule has 0 fully saturated rings. The summed E-state index contributed by atoms with van der Waals surface area (Å²) in [5.74, 6) is 0.196. The molecule has 3 nitrogen and oxygen atoms in total. The molecule has 0 spiro atoms. The summed E-state index contributed by atoms with van der Waals surface area (Å²) in [7, 11) is 1.95. The maximum atomic E-state index is 11.9. The molecule has 1 aromatic carbocycles. The quantitative estimate of drug-likeness (QED) is 0.759.